The first-order valence-electron chi connectivity index (χ1n) is 12.6. The van der Waals surface area contributed by atoms with E-state index >= 15 is 0 Å². The van der Waals surface area contributed by atoms with E-state index in [0.717, 1.165) is 30.6 Å². The van der Waals surface area contributed by atoms with Crippen LogP contribution in [-0.4, -0.2) is 61.9 Å². The number of hydrogen-bond acceptors (Lipinski definition) is 5. The maximum atomic E-state index is 10.9. The van der Waals surface area contributed by atoms with E-state index in [1.807, 2.05) is 36.4 Å². The number of nitrogens with zero attached hydrogens (tertiary/aromatic N) is 1. The van der Waals surface area contributed by atoms with E-state index in [9.17, 15) is 5.11 Å². The second-order valence-corrected chi connectivity index (χ2v) is 16.0. The first kappa shape index (κ1) is 25.5. The van der Waals surface area contributed by atoms with Gasteiger partial charge in [0.25, 0.3) is 0 Å². The van der Waals surface area contributed by atoms with E-state index in [0.29, 0.717) is 13.2 Å². The Morgan fingerprint density at radius 3 is 1.94 bits per heavy atom. The van der Waals surface area contributed by atoms with Crippen molar-refractivity contribution in [3.8, 4) is 0 Å². The third-order valence-electron chi connectivity index (χ3n) is 7.79. The molecule has 0 amide bonds. The standard InChI is InChI=1S/C28H41NO4Si/c1-28(2,3)34(4,5)33-24-18-29-17-16-23(30)25(29)27(32-20-22-14-10-7-11-15-22)26(24)31-19-21-12-8-6-9-13-21/h6-15,23-27,30H,16-20H2,1-5H3/t23-,24+,25-,26-,27-/m1/s1. The van der Waals surface area contributed by atoms with Gasteiger partial charge in [0.05, 0.1) is 31.5 Å². The quantitative estimate of drug-likeness (QED) is 0.536. The van der Waals surface area contributed by atoms with E-state index in [4.69, 9.17) is 13.9 Å². The van der Waals surface area contributed by atoms with Gasteiger partial charge in [0.15, 0.2) is 8.32 Å². The zero-order valence-electron chi connectivity index (χ0n) is 21.3. The van der Waals surface area contributed by atoms with Gasteiger partial charge in [0.2, 0.25) is 0 Å². The van der Waals surface area contributed by atoms with Gasteiger partial charge in [0.1, 0.15) is 12.2 Å². The maximum absolute atomic E-state index is 10.9. The Morgan fingerprint density at radius 2 is 1.41 bits per heavy atom. The van der Waals surface area contributed by atoms with Crippen LogP contribution in [0, 0.1) is 0 Å². The molecule has 0 unspecified atom stereocenters. The second kappa shape index (κ2) is 10.6. The van der Waals surface area contributed by atoms with Crippen LogP contribution in [0.5, 0.6) is 0 Å². The Hall–Kier alpha value is -1.54. The largest absolute Gasteiger partial charge is 0.410 e. The molecule has 6 heteroatoms. The molecule has 2 aromatic carbocycles. The maximum Gasteiger partial charge on any atom is 0.192 e. The lowest BCUT2D eigenvalue weighted by Crippen LogP contribution is -2.65. The van der Waals surface area contributed by atoms with Crippen LogP contribution in [-0.2, 0) is 27.1 Å². The summed E-state index contributed by atoms with van der Waals surface area (Å²) in [4.78, 5) is 2.36. The third kappa shape index (κ3) is 5.81. The molecule has 0 aromatic heterocycles. The van der Waals surface area contributed by atoms with Crippen LogP contribution in [0.3, 0.4) is 0 Å². The van der Waals surface area contributed by atoms with Crippen molar-refractivity contribution in [1.82, 2.24) is 4.90 Å². The van der Waals surface area contributed by atoms with Crippen molar-refractivity contribution in [1.29, 1.82) is 0 Å². The van der Waals surface area contributed by atoms with Gasteiger partial charge < -0.3 is 19.0 Å². The molecule has 4 rings (SSSR count). The molecule has 186 valence electrons. The van der Waals surface area contributed by atoms with E-state index < -0.39 is 14.4 Å². The van der Waals surface area contributed by atoms with Crippen molar-refractivity contribution in [3.05, 3.63) is 71.8 Å². The Labute approximate surface area is 206 Å². The lowest BCUT2D eigenvalue weighted by Gasteiger charge is -2.50. The highest BCUT2D eigenvalue weighted by molar-refractivity contribution is 6.74. The number of ether oxygens (including phenoxy) is 2. The molecule has 0 aliphatic carbocycles. The minimum Gasteiger partial charge on any atom is -0.410 e. The zero-order chi connectivity index (χ0) is 24.3. The fourth-order valence-electron chi connectivity index (χ4n) is 4.83. The Kier molecular flexibility index (Phi) is 7.97. The van der Waals surface area contributed by atoms with Gasteiger partial charge in [0, 0.05) is 13.1 Å². The van der Waals surface area contributed by atoms with Crippen LogP contribution in [0.15, 0.2) is 60.7 Å². The number of piperidine rings is 1. The summed E-state index contributed by atoms with van der Waals surface area (Å²) in [6.07, 6.45) is -0.296. The van der Waals surface area contributed by atoms with Crippen LogP contribution in [0.1, 0.15) is 38.3 Å². The van der Waals surface area contributed by atoms with Crippen molar-refractivity contribution in [2.75, 3.05) is 13.1 Å². The molecule has 0 spiro atoms. The number of aliphatic hydroxyl groups is 1. The van der Waals surface area contributed by atoms with E-state index in [1.54, 1.807) is 0 Å². The molecule has 2 aliphatic heterocycles. The molecule has 0 bridgehead atoms. The molecule has 2 aromatic rings. The summed E-state index contributed by atoms with van der Waals surface area (Å²) in [6, 6.07) is 20.4. The van der Waals surface area contributed by atoms with Crippen LogP contribution in [0.25, 0.3) is 0 Å². The average molecular weight is 484 g/mol. The van der Waals surface area contributed by atoms with Gasteiger partial charge in [-0.05, 0) is 35.7 Å². The van der Waals surface area contributed by atoms with Crippen molar-refractivity contribution in [2.24, 2.45) is 0 Å². The first-order chi connectivity index (χ1) is 16.2. The lowest BCUT2D eigenvalue weighted by atomic mass is 9.92. The van der Waals surface area contributed by atoms with Crippen molar-refractivity contribution in [3.63, 3.8) is 0 Å². The van der Waals surface area contributed by atoms with Gasteiger partial charge in [-0.2, -0.15) is 0 Å². The van der Waals surface area contributed by atoms with E-state index in [-0.39, 0.29) is 29.4 Å². The molecule has 2 fully saturated rings. The van der Waals surface area contributed by atoms with Gasteiger partial charge in [-0.3, -0.25) is 4.90 Å². The Morgan fingerprint density at radius 1 is 0.882 bits per heavy atom. The summed E-state index contributed by atoms with van der Waals surface area (Å²) in [5.41, 5.74) is 2.25. The Balaban J connectivity index is 1.61. The summed E-state index contributed by atoms with van der Waals surface area (Å²) in [7, 11) is -2.04. The lowest BCUT2D eigenvalue weighted by molar-refractivity contribution is -0.187. The monoisotopic (exact) mass is 483 g/mol. The summed E-state index contributed by atoms with van der Waals surface area (Å²) >= 11 is 0. The molecule has 1 N–H and O–H groups in total. The predicted octanol–water partition coefficient (Wildman–Crippen LogP) is 5.00. The van der Waals surface area contributed by atoms with E-state index in [1.165, 1.54) is 0 Å². The molecule has 0 radical (unpaired) electrons. The van der Waals surface area contributed by atoms with Gasteiger partial charge in [-0.15, -0.1) is 0 Å². The SMILES string of the molecule is CC(C)(C)[Si](C)(C)O[C@H]1CN2CC[C@@H](O)[C@@H]2[C@@H](OCc2ccccc2)[C@@H]1OCc1ccccc1. The average Bonchev–Trinajstić information content (AvgIpc) is 3.17. The summed E-state index contributed by atoms with van der Waals surface area (Å²) in [6.45, 7) is 14.0. The highest BCUT2D eigenvalue weighted by atomic mass is 28.4. The Bertz CT molecular complexity index is 902. The summed E-state index contributed by atoms with van der Waals surface area (Å²) in [5, 5.41) is 11.0. The van der Waals surface area contributed by atoms with E-state index in [2.05, 4.69) is 63.0 Å². The second-order valence-electron chi connectivity index (χ2n) is 11.3. The van der Waals surface area contributed by atoms with Crippen LogP contribution < -0.4 is 0 Å². The summed E-state index contributed by atoms with van der Waals surface area (Å²) < 4.78 is 20.2. The number of rotatable bonds is 8. The first-order valence-corrected chi connectivity index (χ1v) is 15.5. The van der Waals surface area contributed by atoms with Crippen molar-refractivity contribution < 1.29 is 19.0 Å². The van der Waals surface area contributed by atoms with Crippen LogP contribution >= 0.6 is 0 Å². The van der Waals surface area contributed by atoms with Crippen molar-refractivity contribution >= 4 is 8.32 Å². The third-order valence-corrected chi connectivity index (χ3v) is 12.3. The topological polar surface area (TPSA) is 51.2 Å². The van der Waals surface area contributed by atoms with Crippen molar-refractivity contribution in [2.45, 2.75) is 89.0 Å². The fraction of sp³-hybridized carbons (Fsp3) is 0.571. The van der Waals surface area contributed by atoms with Crippen LogP contribution in [0.4, 0.5) is 0 Å². The molecular formula is C28H41NO4Si. The fourth-order valence-corrected chi connectivity index (χ4v) is 6.15. The number of benzene rings is 2. The number of hydrogen-bond donors (Lipinski definition) is 1. The summed E-state index contributed by atoms with van der Waals surface area (Å²) in [5.74, 6) is 0. The molecule has 0 saturated carbocycles. The molecule has 2 aliphatic rings. The molecule has 2 heterocycles. The number of aliphatic hydroxyl groups excluding tert-OH is 1. The highest BCUT2D eigenvalue weighted by Gasteiger charge is 2.53. The van der Waals surface area contributed by atoms with Crippen LogP contribution in [0.2, 0.25) is 18.1 Å². The van der Waals surface area contributed by atoms with Gasteiger partial charge >= 0.3 is 0 Å². The van der Waals surface area contributed by atoms with Gasteiger partial charge in [-0.25, -0.2) is 0 Å². The predicted molar refractivity (Wildman–Crippen MR) is 138 cm³/mol. The smallest absolute Gasteiger partial charge is 0.192 e. The highest BCUT2D eigenvalue weighted by Crippen LogP contribution is 2.41. The normalized spacial score (nSPS) is 28.1. The minimum atomic E-state index is -2.04. The van der Waals surface area contributed by atoms with Gasteiger partial charge in [-0.1, -0.05) is 81.4 Å². The molecular weight excluding hydrogens is 442 g/mol. The molecule has 5 atom stereocenters. The molecule has 2 saturated heterocycles. The molecule has 34 heavy (non-hydrogen) atoms. The molecule has 5 nitrogen and oxygen atoms in total. The minimum absolute atomic E-state index is 0.0799. The number of fused-ring (bicyclic) bond motifs is 1. The zero-order valence-corrected chi connectivity index (χ0v) is 22.3.